The fraction of sp³-hybridized carbons (Fsp3) is 0.350. The fourth-order valence-corrected chi connectivity index (χ4v) is 3.98. The van der Waals surface area contributed by atoms with E-state index in [0.717, 1.165) is 16.7 Å². The van der Waals surface area contributed by atoms with Crippen molar-refractivity contribution in [1.29, 1.82) is 0 Å². The molecular formula is C20H20O4. The van der Waals surface area contributed by atoms with Crippen LogP contribution in [-0.2, 0) is 24.5 Å². The van der Waals surface area contributed by atoms with Crippen molar-refractivity contribution in [2.24, 2.45) is 5.41 Å². The third-order valence-corrected chi connectivity index (χ3v) is 5.45. The van der Waals surface area contributed by atoms with Gasteiger partial charge in [0.1, 0.15) is 17.0 Å². The Bertz CT molecular complexity index is 771. The highest BCUT2D eigenvalue weighted by Gasteiger charge is 2.56. The second-order valence-electron chi connectivity index (χ2n) is 6.55. The molecule has 0 radical (unpaired) electrons. The summed E-state index contributed by atoms with van der Waals surface area (Å²) >= 11 is 0. The van der Waals surface area contributed by atoms with Crippen molar-refractivity contribution in [3.8, 4) is 0 Å². The Balaban J connectivity index is 2.15. The molecule has 0 N–H and O–H groups in total. The van der Waals surface area contributed by atoms with Crippen LogP contribution in [0.4, 0.5) is 0 Å². The van der Waals surface area contributed by atoms with Crippen molar-refractivity contribution in [3.05, 3.63) is 59.2 Å². The van der Waals surface area contributed by atoms with Crippen molar-refractivity contribution >= 4 is 17.5 Å². The predicted molar refractivity (Wildman–Crippen MR) is 89.3 cm³/mol. The lowest BCUT2D eigenvalue weighted by Crippen LogP contribution is -2.40. The largest absolute Gasteiger partial charge is 0.468 e. The zero-order chi connectivity index (χ0) is 17.5. The number of ether oxygens (including phenoxy) is 1. The molecule has 0 bridgehead atoms. The molecule has 0 fully saturated rings. The number of carbonyl (C=O) groups is 3. The third-order valence-electron chi connectivity index (χ3n) is 5.45. The SMILES string of the molecule is COC(=O)C1(c2ccccc2)C=CC2=C1CC(C(C)=O)(C(C)=O)C2. The van der Waals surface area contributed by atoms with Gasteiger partial charge >= 0.3 is 5.97 Å². The van der Waals surface area contributed by atoms with Gasteiger partial charge in [0.25, 0.3) is 0 Å². The van der Waals surface area contributed by atoms with Gasteiger partial charge in [-0.15, -0.1) is 0 Å². The molecule has 0 amide bonds. The van der Waals surface area contributed by atoms with Gasteiger partial charge in [0.15, 0.2) is 0 Å². The van der Waals surface area contributed by atoms with Crippen molar-refractivity contribution in [1.82, 2.24) is 0 Å². The molecule has 124 valence electrons. The zero-order valence-corrected chi connectivity index (χ0v) is 14.1. The smallest absolute Gasteiger partial charge is 0.324 e. The Morgan fingerprint density at radius 3 is 2.17 bits per heavy atom. The molecule has 3 rings (SSSR count). The van der Waals surface area contributed by atoms with Crippen LogP contribution in [0.1, 0.15) is 32.3 Å². The van der Waals surface area contributed by atoms with Gasteiger partial charge in [-0.1, -0.05) is 42.5 Å². The van der Waals surface area contributed by atoms with Crippen LogP contribution >= 0.6 is 0 Å². The number of methoxy groups -OCH3 is 1. The van der Waals surface area contributed by atoms with Crippen LogP contribution < -0.4 is 0 Å². The van der Waals surface area contributed by atoms with Crippen LogP contribution in [-0.4, -0.2) is 24.6 Å². The molecule has 2 aliphatic rings. The van der Waals surface area contributed by atoms with Crippen molar-refractivity contribution in [2.75, 3.05) is 7.11 Å². The summed E-state index contributed by atoms with van der Waals surface area (Å²) in [5.74, 6) is -0.688. The van der Waals surface area contributed by atoms with E-state index in [0.29, 0.717) is 6.42 Å². The summed E-state index contributed by atoms with van der Waals surface area (Å²) in [5.41, 5.74) is 0.406. The summed E-state index contributed by atoms with van der Waals surface area (Å²) in [6, 6.07) is 9.36. The van der Waals surface area contributed by atoms with Gasteiger partial charge in [-0.25, -0.2) is 0 Å². The lowest BCUT2D eigenvalue weighted by atomic mass is 9.70. The van der Waals surface area contributed by atoms with E-state index in [-0.39, 0.29) is 18.0 Å². The topological polar surface area (TPSA) is 60.4 Å². The Morgan fingerprint density at radius 1 is 1.00 bits per heavy atom. The first-order valence-corrected chi connectivity index (χ1v) is 7.96. The molecule has 0 spiro atoms. The molecule has 4 heteroatoms. The first-order valence-electron chi connectivity index (χ1n) is 7.96. The van der Waals surface area contributed by atoms with Gasteiger partial charge in [0, 0.05) is 0 Å². The third kappa shape index (κ3) is 2.02. The van der Waals surface area contributed by atoms with Crippen LogP contribution in [0.2, 0.25) is 0 Å². The van der Waals surface area contributed by atoms with E-state index < -0.39 is 16.8 Å². The van der Waals surface area contributed by atoms with Crippen LogP contribution in [0.15, 0.2) is 53.6 Å². The van der Waals surface area contributed by atoms with Crippen molar-refractivity contribution < 1.29 is 19.1 Å². The lowest BCUT2D eigenvalue weighted by molar-refractivity contribution is -0.145. The molecular weight excluding hydrogens is 304 g/mol. The summed E-state index contributed by atoms with van der Waals surface area (Å²) in [4.78, 5) is 37.2. The monoisotopic (exact) mass is 324 g/mol. The van der Waals surface area contributed by atoms with Crippen LogP contribution in [0.3, 0.4) is 0 Å². The van der Waals surface area contributed by atoms with Crippen molar-refractivity contribution in [3.63, 3.8) is 0 Å². The van der Waals surface area contributed by atoms with E-state index in [1.807, 2.05) is 42.5 Å². The maximum Gasteiger partial charge on any atom is 0.324 e. The molecule has 1 aromatic rings. The van der Waals surface area contributed by atoms with Gasteiger partial charge < -0.3 is 4.74 Å². The Hall–Kier alpha value is -2.49. The average Bonchev–Trinajstić information content (AvgIpc) is 3.12. The molecule has 0 saturated carbocycles. The highest BCUT2D eigenvalue weighted by molar-refractivity contribution is 6.07. The number of hydrogen-bond donors (Lipinski definition) is 0. The zero-order valence-electron chi connectivity index (χ0n) is 14.1. The minimum absolute atomic E-state index is 0.148. The summed E-state index contributed by atoms with van der Waals surface area (Å²) in [6.07, 6.45) is 4.33. The van der Waals surface area contributed by atoms with E-state index in [4.69, 9.17) is 4.74 Å². The number of ketones is 2. The van der Waals surface area contributed by atoms with E-state index in [2.05, 4.69) is 0 Å². The second-order valence-corrected chi connectivity index (χ2v) is 6.55. The first kappa shape index (κ1) is 16.4. The number of Topliss-reactive ketones (excluding diaryl/α,β-unsaturated/α-hetero) is 2. The number of benzene rings is 1. The standard InChI is InChI=1S/C20H20O4/c1-13(21)19(14(2)22)11-15-9-10-20(17(15)12-19,18(23)24-3)16-7-5-4-6-8-16/h4-10H,11-12H2,1-3H3. The Morgan fingerprint density at radius 2 is 1.62 bits per heavy atom. The lowest BCUT2D eigenvalue weighted by Gasteiger charge is -2.31. The molecule has 2 aliphatic carbocycles. The molecule has 0 aromatic heterocycles. The second kappa shape index (κ2) is 5.55. The van der Waals surface area contributed by atoms with Crippen LogP contribution in [0.5, 0.6) is 0 Å². The molecule has 0 aliphatic heterocycles. The number of esters is 1. The average molecular weight is 324 g/mol. The molecule has 1 unspecified atom stereocenters. The molecule has 1 aromatic carbocycles. The van der Waals surface area contributed by atoms with Crippen LogP contribution in [0.25, 0.3) is 0 Å². The normalized spacial score (nSPS) is 24.0. The minimum atomic E-state index is -1.05. The fourth-order valence-electron chi connectivity index (χ4n) is 3.98. The van der Waals surface area contributed by atoms with E-state index in [1.54, 1.807) is 0 Å². The molecule has 0 heterocycles. The maximum atomic E-state index is 12.8. The molecule has 4 nitrogen and oxygen atoms in total. The summed E-state index contributed by atoms with van der Waals surface area (Å²) in [5, 5.41) is 0. The minimum Gasteiger partial charge on any atom is -0.468 e. The van der Waals surface area contributed by atoms with Gasteiger partial charge in [-0.3, -0.25) is 14.4 Å². The Kier molecular flexibility index (Phi) is 3.78. The summed E-state index contributed by atoms with van der Waals surface area (Å²) < 4.78 is 5.10. The molecule has 0 saturated heterocycles. The summed E-state index contributed by atoms with van der Waals surface area (Å²) in [6.45, 7) is 2.91. The maximum absolute atomic E-state index is 12.8. The number of allylic oxidation sites excluding steroid dienone is 2. The summed E-state index contributed by atoms with van der Waals surface area (Å²) in [7, 11) is 1.36. The number of hydrogen-bond acceptors (Lipinski definition) is 4. The van der Waals surface area contributed by atoms with E-state index in [9.17, 15) is 14.4 Å². The highest BCUT2D eigenvalue weighted by atomic mass is 16.5. The molecule has 24 heavy (non-hydrogen) atoms. The highest BCUT2D eigenvalue weighted by Crippen LogP contribution is 2.55. The number of rotatable bonds is 4. The van der Waals surface area contributed by atoms with E-state index >= 15 is 0 Å². The predicted octanol–water partition coefficient (Wildman–Crippen LogP) is 2.92. The van der Waals surface area contributed by atoms with E-state index in [1.165, 1.54) is 21.0 Å². The Labute approximate surface area is 141 Å². The van der Waals surface area contributed by atoms with Gasteiger partial charge in [0.2, 0.25) is 0 Å². The first-order chi connectivity index (χ1) is 11.4. The van der Waals surface area contributed by atoms with Crippen molar-refractivity contribution in [2.45, 2.75) is 32.1 Å². The van der Waals surface area contributed by atoms with Crippen LogP contribution in [0, 0.1) is 5.41 Å². The quantitative estimate of drug-likeness (QED) is 0.631. The molecule has 1 atom stereocenters. The number of carbonyl (C=O) groups excluding carboxylic acids is 3. The van der Waals surface area contributed by atoms with Gasteiger partial charge in [0.05, 0.1) is 12.5 Å². The van der Waals surface area contributed by atoms with Gasteiger partial charge in [-0.05, 0) is 43.4 Å². The van der Waals surface area contributed by atoms with Gasteiger partial charge in [-0.2, -0.15) is 0 Å².